The van der Waals surface area contributed by atoms with Crippen LogP contribution in [0, 0.1) is 11.8 Å². The van der Waals surface area contributed by atoms with E-state index in [0.717, 1.165) is 11.1 Å². The van der Waals surface area contributed by atoms with Crippen molar-refractivity contribution in [3.8, 4) is 17.2 Å². The van der Waals surface area contributed by atoms with Crippen molar-refractivity contribution in [1.82, 2.24) is 0 Å². The Labute approximate surface area is 140 Å². The quantitative estimate of drug-likeness (QED) is 0.906. The van der Waals surface area contributed by atoms with Gasteiger partial charge in [-0.2, -0.15) is 0 Å². The molecular weight excluding hydrogens is 308 g/mol. The summed E-state index contributed by atoms with van der Waals surface area (Å²) >= 11 is 0. The lowest BCUT2D eigenvalue weighted by Crippen LogP contribution is -2.14. The Bertz CT molecular complexity index is 727. The van der Waals surface area contributed by atoms with Gasteiger partial charge < -0.3 is 24.4 Å². The molecule has 0 bridgehead atoms. The molecule has 24 heavy (non-hydrogen) atoms. The topological polar surface area (TPSA) is 68.2 Å². The van der Waals surface area contributed by atoms with Gasteiger partial charge in [0.2, 0.25) is 0 Å². The van der Waals surface area contributed by atoms with Gasteiger partial charge in [-0.1, -0.05) is 18.2 Å². The Morgan fingerprint density at radius 2 is 1.46 bits per heavy atom. The fourth-order valence-electron chi connectivity index (χ4n) is 3.77. The fraction of sp³-hybridized carbons (Fsp3) is 0.368. The Morgan fingerprint density at radius 3 is 2.08 bits per heavy atom. The summed E-state index contributed by atoms with van der Waals surface area (Å²) in [7, 11) is 1.54. The molecule has 2 fully saturated rings. The highest BCUT2D eigenvalue weighted by molar-refractivity contribution is 5.43. The van der Waals surface area contributed by atoms with Crippen molar-refractivity contribution in [3.63, 3.8) is 0 Å². The molecule has 4 atom stereocenters. The number of phenols is 2. The second-order valence-corrected chi connectivity index (χ2v) is 6.36. The molecule has 0 amide bonds. The maximum Gasteiger partial charge on any atom is 0.160 e. The number of methoxy groups -OCH3 is 1. The number of phenolic OH excluding ortho intramolecular Hbond substituents is 2. The zero-order valence-corrected chi connectivity index (χ0v) is 13.4. The average Bonchev–Trinajstić information content (AvgIpc) is 3.18. The van der Waals surface area contributed by atoms with Gasteiger partial charge in [0.1, 0.15) is 5.75 Å². The Balaban J connectivity index is 1.57. The second-order valence-electron chi connectivity index (χ2n) is 6.36. The van der Waals surface area contributed by atoms with Crippen LogP contribution < -0.4 is 4.74 Å². The summed E-state index contributed by atoms with van der Waals surface area (Å²) in [6.07, 6.45) is -0.0776. The molecule has 4 rings (SSSR count). The molecule has 5 heteroatoms. The highest BCUT2D eigenvalue weighted by Gasteiger charge is 2.48. The number of ether oxygens (including phenoxy) is 3. The third kappa shape index (κ3) is 2.50. The molecule has 126 valence electrons. The van der Waals surface area contributed by atoms with E-state index in [1.165, 1.54) is 7.11 Å². The van der Waals surface area contributed by atoms with E-state index in [0.29, 0.717) is 19.0 Å². The van der Waals surface area contributed by atoms with Crippen LogP contribution in [0.5, 0.6) is 17.2 Å². The molecule has 2 heterocycles. The predicted octanol–water partition coefficient (Wildman–Crippen LogP) is 3.18. The summed E-state index contributed by atoms with van der Waals surface area (Å²) in [5.41, 5.74) is 2.06. The van der Waals surface area contributed by atoms with Crippen molar-refractivity contribution in [2.75, 3.05) is 20.3 Å². The first-order valence-corrected chi connectivity index (χ1v) is 8.06. The van der Waals surface area contributed by atoms with Crippen molar-refractivity contribution >= 4 is 0 Å². The first-order chi connectivity index (χ1) is 11.7. The van der Waals surface area contributed by atoms with Gasteiger partial charge in [0.25, 0.3) is 0 Å². The molecule has 2 saturated heterocycles. The van der Waals surface area contributed by atoms with Crippen LogP contribution in [0.1, 0.15) is 23.3 Å². The maximum atomic E-state index is 9.77. The number of rotatable bonds is 3. The normalized spacial score (nSPS) is 28.7. The number of fused-ring (bicyclic) bond motifs is 1. The Kier molecular flexibility index (Phi) is 3.82. The zero-order chi connectivity index (χ0) is 16.7. The van der Waals surface area contributed by atoms with Crippen LogP contribution in [0.15, 0.2) is 42.5 Å². The van der Waals surface area contributed by atoms with Crippen LogP contribution in [-0.2, 0) is 9.47 Å². The van der Waals surface area contributed by atoms with Crippen LogP contribution in [0.2, 0.25) is 0 Å². The molecule has 2 N–H and O–H groups in total. The molecule has 5 nitrogen and oxygen atoms in total. The molecule has 2 aromatic rings. The minimum absolute atomic E-state index is 0.0142. The number of hydrogen-bond donors (Lipinski definition) is 2. The molecule has 0 radical (unpaired) electrons. The van der Waals surface area contributed by atoms with Crippen LogP contribution in [0.25, 0.3) is 0 Å². The minimum atomic E-state index is -0.0633. The lowest BCUT2D eigenvalue weighted by atomic mass is 9.85. The van der Waals surface area contributed by atoms with E-state index in [2.05, 4.69) is 0 Å². The van der Waals surface area contributed by atoms with Gasteiger partial charge in [-0.3, -0.25) is 0 Å². The van der Waals surface area contributed by atoms with Crippen LogP contribution in [0.4, 0.5) is 0 Å². The lowest BCUT2D eigenvalue weighted by molar-refractivity contribution is 0.0192. The van der Waals surface area contributed by atoms with Gasteiger partial charge in [0.05, 0.1) is 32.5 Å². The van der Waals surface area contributed by atoms with Crippen LogP contribution in [0.3, 0.4) is 0 Å². The fourth-order valence-corrected chi connectivity index (χ4v) is 3.77. The smallest absolute Gasteiger partial charge is 0.160 e. The molecule has 2 aromatic carbocycles. The zero-order valence-electron chi connectivity index (χ0n) is 13.4. The SMILES string of the molecule is COc1cc([C@H]2OC[C@H]3[C@@H]2CO[C@@H]3c2ccc(O)cc2)ccc1O. The summed E-state index contributed by atoms with van der Waals surface area (Å²) in [6.45, 7) is 1.26. The standard InChI is InChI=1S/C19H20O5/c1-22-17-8-12(4-7-16(17)21)19-15-10-23-18(14(15)9-24-19)11-2-5-13(20)6-3-11/h2-8,14-15,18-21H,9-10H2,1H3/t14-,15-,18+,19+/m0/s1. The Morgan fingerprint density at radius 1 is 0.875 bits per heavy atom. The van der Waals surface area contributed by atoms with E-state index in [9.17, 15) is 10.2 Å². The van der Waals surface area contributed by atoms with E-state index >= 15 is 0 Å². The van der Waals surface area contributed by atoms with E-state index < -0.39 is 0 Å². The van der Waals surface area contributed by atoms with Crippen LogP contribution in [-0.4, -0.2) is 30.5 Å². The first kappa shape index (κ1) is 15.3. The van der Waals surface area contributed by atoms with Gasteiger partial charge >= 0.3 is 0 Å². The summed E-state index contributed by atoms with van der Waals surface area (Å²) in [5, 5.41) is 19.2. The number of aromatic hydroxyl groups is 2. The molecule has 2 aliphatic heterocycles. The third-order valence-corrected chi connectivity index (χ3v) is 5.02. The van der Waals surface area contributed by atoms with E-state index in [-0.39, 0.29) is 35.5 Å². The van der Waals surface area contributed by atoms with Crippen molar-refractivity contribution in [1.29, 1.82) is 0 Å². The minimum Gasteiger partial charge on any atom is -0.508 e. The van der Waals surface area contributed by atoms with Gasteiger partial charge in [-0.05, 0) is 35.4 Å². The second kappa shape index (κ2) is 6.00. The third-order valence-electron chi connectivity index (χ3n) is 5.02. The molecule has 0 unspecified atom stereocenters. The molecule has 2 aliphatic rings. The molecular formula is C19H20O5. The molecule has 0 aliphatic carbocycles. The summed E-state index contributed by atoms with van der Waals surface area (Å²) < 4.78 is 17.3. The van der Waals surface area contributed by atoms with Gasteiger partial charge in [-0.25, -0.2) is 0 Å². The first-order valence-electron chi connectivity index (χ1n) is 8.06. The summed E-state index contributed by atoms with van der Waals surface area (Å²) in [5.74, 6) is 1.37. The largest absolute Gasteiger partial charge is 0.508 e. The summed E-state index contributed by atoms with van der Waals surface area (Å²) in [4.78, 5) is 0. The van der Waals surface area contributed by atoms with Crippen molar-refractivity contribution < 1.29 is 24.4 Å². The van der Waals surface area contributed by atoms with E-state index in [1.807, 2.05) is 24.3 Å². The van der Waals surface area contributed by atoms with Crippen LogP contribution >= 0.6 is 0 Å². The molecule has 0 aromatic heterocycles. The van der Waals surface area contributed by atoms with Gasteiger partial charge in [0, 0.05) is 11.8 Å². The monoisotopic (exact) mass is 328 g/mol. The molecule has 0 spiro atoms. The number of benzene rings is 2. The average molecular weight is 328 g/mol. The Hall–Kier alpha value is -2.24. The number of hydrogen-bond acceptors (Lipinski definition) is 5. The van der Waals surface area contributed by atoms with Crippen molar-refractivity contribution in [2.45, 2.75) is 12.2 Å². The predicted molar refractivity (Wildman–Crippen MR) is 87.1 cm³/mol. The highest BCUT2D eigenvalue weighted by atomic mass is 16.5. The lowest BCUT2D eigenvalue weighted by Gasteiger charge is -2.17. The van der Waals surface area contributed by atoms with E-state index in [1.54, 1.807) is 18.2 Å². The van der Waals surface area contributed by atoms with Crippen molar-refractivity contribution in [3.05, 3.63) is 53.6 Å². The summed E-state index contributed by atoms with van der Waals surface area (Å²) in [6, 6.07) is 12.5. The molecule has 0 saturated carbocycles. The van der Waals surface area contributed by atoms with Crippen molar-refractivity contribution in [2.24, 2.45) is 11.8 Å². The van der Waals surface area contributed by atoms with Gasteiger partial charge in [-0.15, -0.1) is 0 Å². The van der Waals surface area contributed by atoms with Gasteiger partial charge in [0.15, 0.2) is 11.5 Å². The van der Waals surface area contributed by atoms with E-state index in [4.69, 9.17) is 14.2 Å². The highest BCUT2D eigenvalue weighted by Crippen LogP contribution is 2.50. The maximum absolute atomic E-state index is 9.77.